The van der Waals surface area contributed by atoms with Crippen molar-refractivity contribution in [1.29, 1.82) is 0 Å². The van der Waals surface area contributed by atoms with E-state index in [1.807, 2.05) is 53.1 Å². The molecule has 5 heteroatoms. The third-order valence-corrected chi connectivity index (χ3v) is 3.60. The Morgan fingerprint density at radius 2 is 1.85 bits per heavy atom. The first-order chi connectivity index (χ1) is 9.65. The van der Waals surface area contributed by atoms with Crippen molar-refractivity contribution in [2.24, 2.45) is 5.73 Å². The molecule has 2 N–H and O–H groups in total. The predicted octanol–water partition coefficient (Wildman–Crippen LogP) is 2.95. The van der Waals surface area contributed by atoms with Gasteiger partial charge in [-0.2, -0.15) is 0 Å². The van der Waals surface area contributed by atoms with E-state index in [1.54, 1.807) is 0 Å². The minimum absolute atomic E-state index is 0.117. The van der Waals surface area contributed by atoms with Crippen molar-refractivity contribution in [2.45, 2.75) is 6.54 Å². The second-order valence-corrected chi connectivity index (χ2v) is 5.40. The van der Waals surface area contributed by atoms with Gasteiger partial charge >= 0.3 is 0 Å². The summed E-state index contributed by atoms with van der Waals surface area (Å²) in [7, 11) is 0. The van der Waals surface area contributed by atoms with Gasteiger partial charge in [0.05, 0.1) is 11.0 Å². The number of carbonyl (C=O) groups excluding carboxylic acids is 1. The predicted molar refractivity (Wildman–Crippen MR) is 82.1 cm³/mol. The molecule has 0 aliphatic carbocycles. The second-order valence-electron chi connectivity index (χ2n) is 4.48. The van der Waals surface area contributed by atoms with Crippen molar-refractivity contribution in [3.05, 3.63) is 53.0 Å². The summed E-state index contributed by atoms with van der Waals surface area (Å²) in [5, 5.41) is 0. The molecular weight excluding hydrogens is 318 g/mol. The van der Waals surface area contributed by atoms with Crippen LogP contribution in [-0.4, -0.2) is 15.5 Å². The van der Waals surface area contributed by atoms with Crippen LogP contribution in [0.3, 0.4) is 0 Å². The minimum atomic E-state index is -0.383. The maximum atomic E-state index is 11.3. The van der Waals surface area contributed by atoms with E-state index >= 15 is 0 Å². The van der Waals surface area contributed by atoms with Crippen LogP contribution in [0.5, 0.6) is 0 Å². The van der Waals surface area contributed by atoms with Crippen molar-refractivity contribution >= 4 is 32.9 Å². The number of benzene rings is 2. The Bertz CT molecular complexity index is 777. The van der Waals surface area contributed by atoms with Gasteiger partial charge in [-0.1, -0.05) is 40.2 Å². The summed E-state index contributed by atoms with van der Waals surface area (Å²) in [5.41, 5.74) is 8.06. The molecule has 100 valence electrons. The highest BCUT2D eigenvalue weighted by Gasteiger charge is 2.13. The van der Waals surface area contributed by atoms with Gasteiger partial charge < -0.3 is 10.3 Å². The molecule has 0 fully saturated rings. The van der Waals surface area contributed by atoms with Gasteiger partial charge in [0.15, 0.2) is 0 Å². The van der Waals surface area contributed by atoms with Crippen molar-refractivity contribution in [3.8, 4) is 11.4 Å². The topological polar surface area (TPSA) is 60.9 Å². The zero-order valence-electron chi connectivity index (χ0n) is 10.6. The van der Waals surface area contributed by atoms with Crippen LogP contribution in [0.25, 0.3) is 22.4 Å². The van der Waals surface area contributed by atoms with Crippen LogP contribution in [0.4, 0.5) is 0 Å². The Hall–Kier alpha value is -2.14. The summed E-state index contributed by atoms with van der Waals surface area (Å²) >= 11 is 3.41. The quantitative estimate of drug-likeness (QED) is 0.803. The summed E-state index contributed by atoms with van der Waals surface area (Å²) in [6.45, 7) is 0.117. The van der Waals surface area contributed by atoms with E-state index in [0.29, 0.717) is 0 Å². The monoisotopic (exact) mass is 329 g/mol. The fourth-order valence-corrected chi connectivity index (χ4v) is 2.48. The Morgan fingerprint density at radius 3 is 2.55 bits per heavy atom. The van der Waals surface area contributed by atoms with E-state index in [-0.39, 0.29) is 12.5 Å². The highest BCUT2D eigenvalue weighted by atomic mass is 79.9. The van der Waals surface area contributed by atoms with Gasteiger partial charge in [0.2, 0.25) is 5.91 Å². The Kier molecular flexibility index (Phi) is 3.28. The van der Waals surface area contributed by atoms with Gasteiger partial charge in [0, 0.05) is 10.0 Å². The van der Waals surface area contributed by atoms with Gasteiger partial charge in [0.25, 0.3) is 0 Å². The lowest BCUT2D eigenvalue weighted by molar-refractivity contribution is -0.118. The van der Waals surface area contributed by atoms with Crippen molar-refractivity contribution < 1.29 is 4.79 Å². The first-order valence-corrected chi connectivity index (χ1v) is 6.94. The molecule has 0 saturated heterocycles. The number of hydrogen-bond acceptors (Lipinski definition) is 2. The molecule has 0 atom stereocenters. The molecule has 0 saturated carbocycles. The average molecular weight is 330 g/mol. The summed E-state index contributed by atoms with van der Waals surface area (Å²) in [4.78, 5) is 15.9. The van der Waals surface area contributed by atoms with Crippen molar-refractivity contribution in [1.82, 2.24) is 9.55 Å². The highest BCUT2D eigenvalue weighted by molar-refractivity contribution is 9.10. The van der Waals surface area contributed by atoms with Crippen LogP contribution < -0.4 is 5.73 Å². The van der Waals surface area contributed by atoms with Gasteiger partial charge in [-0.05, 0) is 24.3 Å². The van der Waals surface area contributed by atoms with Gasteiger partial charge in [-0.15, -0.1) is 0 Å². The van der Waals surface area contributed by atoms with Crippen LogP contribution in [-0.2, 0) is 11.3 Å². The summed E-state index contributed by atoms with van der Waals surface area (Å²) in [6.07, 6.45) is 0. The number of fused-ring (bicyclic) bond motifs is 1. The van der Waals surface area contributed by atoms with Crippen molar-refractivity contribution in [2.75, 3.05) is 0 Å². The molecule has 1 aromatic heterocycles. The van der Waals surface area contributed by atoms with Crippen LogP contribution in [0.2, 0.25) is 0 Å². The SMILES string of the molecule is NC(=O)Cn1c(-c2ccc(Br)cc2)nc2ccccc21. The maximum Gasteiger partial charge on any atom is 0.237 e. The molecule has 3 rings (SSSR count). The number of imidazole rings is 1. The molecule has 3 aromatic rings. The molecule has 20 heavy (non-hydrogen) atoms. The molecule has 0 unspecified atom stereocenters. The van der Waals surface area contributed by atoms with E-state index in [9.17, 15) is 4.79 Å². The molecule has 0 bridgehead atoms. The Balaban J connectivity index is 2.23. The number of nitrogens with zero attached hydrogens (tertiary/aromatic N) is 2. The van der Waals surface area contributed by atoms with E-state index in [4.69, 9.17) is 5.73 Å². The zero-order valence-corrected chi connectivity index (χ0v) is 12.2. The Morgan fingerprint density at radius 1 is 1.15 bits per heavy atom. The molecule has 1 heterocycles. The molecule has 0 aliphatic heterocycles. The zero-order chi connectivity index (χ0) is 14.1. The molecule has 2 aromatic carbocycles. The second kappa shape index (κ2) is 5.09. The normalized spacial score (nSPS) is 10.8. The number of nitrogens with two attached hydrogens (primary N) is 1. The molecule has 4 nitrogen and oxygen atoms in total. The Labute approximate surface area is 124 Å². The van der Waals surface area contributed by atoms with Gasteiger partial charge in [-0.3, -0.25) is 4.79 Å². The lowest BCUT2D eigenvalue weighted by Gasteiger charge is -2.07. The highest BCUT2D eigenvalue weighted by Crippen LogP contribution is 2.25. The number of carbonyl (C=O) groups is 1. The summed E-state index contributed by atoms with van der Waals surface area (Å²) in [5.74, 6) is 0.365. The lowest BCUT2D eigenvalue weighted by Crippen LogP contribution is -2.19. The van der Waals surface area contributed by atoms with Crippen LogP contribution in [0.15, 0.2) is 53.0 Å². The number of halogens is 1. The first kappa shape index (κ1) is 12.9. The number of rotatable bonds is 3. The average Bonchev–Trinajstić information content (AvgIpc) is 2.78. The summed E-state index contributed by atoms with van der Waals surface area (Å²) < 4.78 is 2.85. The number of aromatic nitrogens is 2. The van der Waals surface area contributed by atoms with E-state index in [0.717, 1.165) is 26.9 Å². The van der Waals surface area contributed by atoms with E-state index in [2.05, 4.69) is 20.9 Å². The van der Waals surface area contributed by atoms with E-state index < -0.39 is 0 Å². The number of amides is 1. The lowest BCUT2D eigenvalue weighted by atomic mass is 10.2. The van der Waals surface area contributed by atoms with Crippen LogP contribution in [0.1, 0.15) is 0 Å². The summed E-state index contributed by atoms with van der Waals surface area (Å²) in [6, 6.07) is 15.5. The van der Waals surface area contributed by atoms with E-state index in [1.165, 1.54) is 0 Å². The molecule has 0 aliphatic rings. The third kappa shape index (κ3) is 2.32. The number of primary amides is 1. The fourth-order valence-electron chi connectivity index (χ4n) is 2.21. The molecule has 0 radical (unpaired) electrons. The van der Waals surface area contributed by atoms with Crippen molar-refractivity contribution in [3.63, 3.8) is 0 Å². The van der Waals surface area contributed by atoms with Gasteiger partial charge in [0.1, 0.15) is 12.4 Å². The van der Waals surface area contributed by atoms with Gasteiger partial charge in [-0.25, -0.2) is 4.98 Å². The molecular formula is C15H12BrN3O. The fraction of sp³-hybridized carbons (Fsp3) is 0.0667. The smallest absolute Gasteiger partial charge is 0.237 e. The number of hydrogen-bond donors (Lipinski definition) is 1. The molecule has 0 spiro atoms. The maximum absolute atomic E-state index is 11.3. The standard InChI is InChI=1S/C15H12BrN3O/c16-11-7-5-10(6-8-11)15-18-12-3-1-2-4-13(12)19(15)9-14(17)20/h1-8H,9H2,(H2,17,20). The van der Waals surface area contributed by atoms with Crippen LogP contribution >= 0.6 is 15.9 Å². The minimum Gasteiger partial charge on any atom is -0.368 e. The molecule has 1 amide bonds. The first-order valence-electron chi connectivity index (χ1n) is 6.14. The number of para-hydroxylation sites is 2. The third-order valence-electron chi connectivity index (χ3n) is 3.07. The van der Waals surface area contributed by atoms with Crippen LogP contribution in [0, 0.1) is 0 Å². The largest absolute Gasteiger partial charge is 0.368 e.